The molecule has 0 aromatic heterocycles. The van der Waals surface area contributed by atoms with E-state index in [0.717, 1.165) is 6.42 Å². The van der Waals surface area contributed by atoms with E-state index in [0.29, 0.717) is 12.3 Å². The zero-order chi connectivity index (χ0) is 9.61. The molecule has 0 aliphatic rings. The molecule has 74 valence electrons. The Bertz CT molecular complexity index is 113. The van der Waals surface area contributed by atoms with E-state index < -0.39 is 12.5 Å². The minimum Gasteiger partial charge on any atom is -0.378 e. The van der Waals surface area contributed by atoms with Crippen molar-refractivity contribution >= 4 is 0 Å². The van der Waals surface area contributed by atoms with Crippen LogP contribution in [0.5, 0.6) is 0 Å². The standard InChI is InChI=1S/C9H18F2O/c1-8(2)5-4-6-9(10,11)7-12-3/h8H,4-7H2,1-3H3. The average molecular weight is 180 g/mol. The van der Waals surface area contributed by atoms with Gasteiger partial charge in [-0.2, -0.15) is 0 Å². The van der Waals surface area contributed by atoms with Gasteiger partial charge >= 0.3 is 0 Å². The number of methoxy groups -OCH3 is 1. The summed E-state index contributed by atoms with van der Waals surface area (Å²) >= 11 is 0. The molecule has 1 nitrogen and oxygen atoms in total. The van der Waals surface area contributed by atoms with Gasteiger partial charge in [0.1, 0.15) is 6.61 Å². The summed E-state index contributed by atoms with van der Waals surface area (Å²) in [6, 6.07) is 0. The summed E-state index contributed by atoms with van der Waals surface area (Å²) in [6.07, 6.45) is 1.38. The van der Waals surface area contributed by atoms with Crippen molar-refractivity contribution in [2.24, 2.45) is 5.92 Å². The lowest BCUT2D eigenvalue weighted by atomic mass is 10.0. The fourth-order valence-corrected chi connectivity index (χ4v) is 1.05. The van der Waals surface area contributed by atoms with E-state index in [1.807, 2.05) is 13.8 Å². The van der Waals surface area contributed by atoms with Gasteiger partial charge in [-0.15, -0.1) is 0 Å². The molecular weight excluding hydrogens is 162 g/mol. The molecule has 0 aliphatic heterocycles. The Morgan fingerprint density at radius 2 is 1.92 bits per heavy atom. The average Bonchev–Trinajstić information content (AvgIpc) is 1.85. The van der Waals surface area contributed by atoms with Crippen molar-refractivity contribution in [3.8, 4) is 0 Å². The molecule has 0 saturated carbocycles. The molecule has 0 heterocycles. The van der Waals surface area contributed by atoms with Gasteiger partial charge in [-0.05, 0) is 12.3 Å². The zero-order valence-electron chi connectivity index (χ0n) is 8.07. The van der Waals surface area contributed by atoms with Crippen LogP contribution in [0.25, 0.3) is 0 Å². The van der Waals surface area contributed by atoms with Gasteiger partial charge in [0.2, 0.25) is 0 Å². The molecule has 3 heteroatoms. The number of halogens is 2. The van der Waals surface area contributed by atoms with E-state index in [2.05, 4.69) is 4.74 Å². The highest BCUT2D eigenvalue weighted by Gasteiger charge is 2.27. The third-order valence-electron chi connectivity index (χ3n) is 1.68. The van der Waals surface area contributed by atoms with Crippen LogP contribution in [-0.2, 0) is 4.74 Å². The number of hydrogen-bond donors (Lipinski definition) is 0. The van der Waals surface area contributed by atoms with Crippen molar-refractivity contribution in [1.82, 2.24) is 0 Å². The van der Waals surface area contributed by atoms with Crippen molar-refractivity contribution in [3.63, 3.8) is 0 Å². The topological polar surface area (TPSA) is 9.23 Å². The second-order valence-electron chi connectivity index (χ2n) is 3.58. The molecule has 12 heavy (non-hydrogen) atoms. The van der Waals surface area contributed by atoms with Gasteiger partial charge in [-0.3, -0.25) is 0 Å². The van der Waals surface area contributed by atoms with E-state index >= 15 is 0 Å². The van der Waals surface area contributed by atoms with Gasteiger partial charge < -0.3 is 4.74 Å². The largest absolute Gasteiger partial charge is 0.378 e. The predicted molar refractivity (Wildman–Crippen MR) is 45.5 cm³/mol. The van der Waals surface area contributed by atoms with Crippen LogP contribution in [-0.4, -0.2) is 19.6 Å². The Morgan fingerprint density at radius 1 is 1.33 bits per heavy atom. The highest BCUT2D eigenvalue weighted by Crippen LogP contribution is 2.22. The van der Waals surface area contributed by atoms with Crippen LogP contribution in [0, 0.1) is 5.92 Å². The molecule has 0 spiro atoms. The highest BCUT2D eigenvalue weighted by atomic mass is 19.3. The molecule has 0 aliphatic carbocycles. The van der Waals surface area contributed by atoms with E-state index in [1.54, 1.807) is 0 Å². The van der Waals surface area contributed by atoms with Gasteiger partial charge in [0.25, 0.3) is 5.92 Å². The first-order valence-electron chi connectivity index (χ1n) is 4.34. The number of alkyl halides is 2. The molecule has 0 unspecified atom stereocenters. The van der Waals surface area contributed by atoms with E-state index in [-0.39, 0.29) is 6.42 Å². The highest BCUT2D eigenvalue weighted by molar-refractivity contribution is 4.65. The molecule has 0 fully saturated rings. The maximum absolute atomic E-state index is 12.7. The van der Waals surface area contributed by atoms with Crippen molar-refractivity contribution in [2.75, 3.05) is 13.7 Å². The fraction of sp³-hybridized carbons (Fsp3) is 1.00. The predicted octanol–water partition coefficient (Wildman–Crippen LogP) is 3.09. The Morgan fingerprint density at radius 3 is 2.33 bits per heavy atom. The first-order valence-corrected chi connectivity index (χ1v) is 4.34. The van der Waals surface area contributed by atoms with Crippen LogP contribution in [0.2, 0.25) is 0 Å². The van der Waals surface area contributed by atoms with E-state index in [4.69, 9.17) is 0 Å². The summed E-state index contributed by atoms with van der Waals surface area (Å²) in [4.78, 5) is 0. The van der Waals surface area contributed by atoms with E-state index in [1.165, 1.54) is 7.11 Å². The van der Waals surface area contributed by atoms with Crippen molar-refractivity contribution in [1.29, 1.82) is 0 Å². The molecule has 0 aromatic rings. The first kappa shape index (κ1) is 11.8. The van der Waals surface area contributed by atoms with Crippen LogP contribution < -0.4 is 0 Å². The van der Waals surface area contributed by atoms with Crippen LogP contribution in [0.3, 0.4) is 0 Å². The monoisotopic (exact) mass is 180 g/mol. The Kier molecular flexibility index (Phi) is 5.38. The SMILES string of the molecule is COCC(F)(F)CCCC(C)C. The minimum absolute atomic E-state index is 0.0565. The zero-order valence-corrected chi connectivity index (χ0v) is 8.07. The molecular formula is C9H18F2O. The van der Waals surface area contributed by atoms with Crippen molar-refractivity contribution in [3.05, 3.63) is 0 Å². The second kappa shape index (κ2) is 5.46. The third-order valence-corrected chi connectivity index (χ3v) is 1.68. The van der Waals surface area contributed by atoms with Crippen LogP contribution in [0.4, 0.5) is 8.78 Å². The summed E-state index contributed by atoms with van der Waals surface area (Å²) in [5.74, 6) is -2.13. The van der Waals surface area contributed by atoms with Gasteiger partial charge in [0, 0.05) is 13.5 Å². The maximum Gasteiger partial charge on any atom is 0.270 e. The molecule has 0 aromatic carbocycles. The quantitative estimate of drug-likeness (QED) is 0.610. The summed E-state index contributed by atoms with van der Waals surface area (Å²) in [5, 5.41) is 0. The lowest BCUT2D eigenvalue weighted by Gasteiger charge is -2.15. The lowest BCUT2D eigenvalue weighted by molar-refractivity contribution is -0.0715. The Balaban J connectivity index is 3.46. The van der Waals surface area contributed by atoms with E-state index in [9.17, 15) is 8.78 Å². The smallest absolute Gasteiger partial charge is 0.270 e. The maximum atomic E-state index is 12.7. The minimum atomic E-state index is -2.64. The Hall–Kier alpha value is -0.180. The second-order valence-corrected chi connectivity index (χ2v) is 3.58. The van der Waals surface area contributed by atoms with Gasteiger partial charge in [-0.25, -0.2) is 8.78 Å². The van der Waals surface area contributed by atoms with Crippen molar-refractivity contribution in [2.45, 2.75) is 39.0 Å². The molecule has 0 N–H and O–H groups in total. The summed E-state index contributed by atoms with van der Waals surface area (Å²) in [6.45, 7) is 3.62. The van der Waals surface area contributed by atoms with Crippen LogP contribution >= 0.6 is 0 Å². The summed E-state index contributed by atoms with van der Waals surface area (Å²) in [5.41, 5.74) is 0. The Labute approximate surface area is 73.1 Å². The van der Waals surface area contributed by atoms with Gasteiger partial charge in [0.15, 0.2) is 0 Å². The number of rotatable bonds is 6. The molecule has 0 rings (SSSR count). The summed E-state index contributed by atoms with van der Waals surface area (Å²) < 4.78 is 29.9. The van der Waals surface area contributed by atoms with Gasteiger partial charge in [-0.1, -0.05) is 20.3 Å². The number of hydrogen-bond acceptors (Lipinski definition) is 1. The molecule has 0 saturated heterocycles. The summed E-state index contributed by atoms with van der Waals surface area (Å²) in [7, 11) is 1.30. The number of ether oxygens (including phenoxy) is 1. The van der Waals surface area contributed by atoms with Gasteiger partial charge in [0.05, 0.1) is 0 Å². The first-order chi connectivity index (χ1) is 5.48. The van der Waals surface area contributed by atoms with Crippen LogP contribution in [0.1, 0.15) is 33.1 Å². The molecule has 0 radical (unpaired) electrons. The normalized spacial score (nSPS) is 12.5. The molecule has 0 bridgehead atoms. The fourth-order valence-electron chi connectivity index (χ4n) is 1.05. The van der Waals surface area contributed by atoms with Crippen molar-refractivity contribution < 1.29 is 13.5 Å². The molecule has 0 amide bonds. The van der Waals surface area contributed by atoms with Crippen LogP contribution in [0.15, 0.2) is 0 Å². The molecule has 0 atom stereocenters. The lowest BCUT2D eigenvalue weighted by Crippen LogP contribution is -2.22. The third kappa shape index (κ3) is 6.53.